The fourth-order valence-electron chi connectivity index (χ4n) is 3.56. The number of nitrogens with zero attached hydrogens (tertiary/aromatic N) is 1. The van der Waals surface area contributed by atoms with E-state index in [4.69, 9.17) is 9.47 Å². The molecule has 0 aliphatic heterocycles. The highest BCUT2D eigenvalue weighted by molar-refractivity contribution is 7.07. The molecule has 0 bridgehead atoms. The molecule has 0 saturated carbocycles. The molecule has 1 aromatic heterocycles. The number of para-hydroxylation sites is 1. The summed E-state index contributed by atoms with van der Waals surface area (Å²) in [5.74, 6) is 1.65. The van der Waals surface area contributed by atoms with Crippen LogP contribution >= 0.6 is 11.3 Å². The van der Waals surface area contributed by atoms with Crippen LogP contribution in [0, 0.1) is 0 Å². The van der Waals surface area contributed by atoms with Gasteiger partial charge in [0.15, 0.2) is 0 Å². The average molecular weight is 453 g/mol. The number of methoxy groups -OCH3 is 1. The van der Waals surface area contributed by atoms with Crippen LogP contribution in [0.5, 0.6) is 11.5 Å². The van der Waals surface area contributed by atoms with Crippen molar-refractivity contribution in [2.24, 2.45) is 0 Å². The lowest BCUT2D eigenvalue weighted by Crippen LogP contribution is -2.33. The van der Waals surface area contributed by atoms with Crippen LogP contribution in [0.15, 0.2) is 65.4 Å². The largest absolute Gasteiger partial charge is 0.496 e. The van der Waals surface area contributed by atoms with Crippen molar-refractivity contribution in [3.63, 3.8) is 0 Å². The molecule has 3 rings (SSSR count). The number of nitrogens with one attached hydrogen (secondary N) is 1. The lowest BCUT2D eigenvalue weighted by molar-refractivity contribution is -0.121. The number of carbonyl (C=O) groups is 1. The smallest absolute Gasteiger partial charge is 0.220 e. The molecule has 0 fully saturated rings. The van der Waals surface area contributed by atoms with Crippen molar-refractivity contribution in [3.05, 3.63) is 82.0 Å². The standard InChI is InChI=1S/C26H32N2O3S/c1-20(16-27-26(29)12-11-23-8-4-5-10-25(23)30-3)31-24-9-6-7-21(15-24)17-28(2)18-22-13-14-32-19-22/h4-10,13-15,19-20H,11-12,16-18H2,1-3H3,(H,27,29)/t20-/m0/s1. The molecule has 0 radical (unpaired) electrons. The number of hydrogen-bond donors (Lipinski definition) is 1. The Kier molecular flexibility index (Phi) is 9.13. The molecule has 32 heavy (non-hydrogen) atoms. The number of benzene rings is 2. The van der Waals surface area contributed by atoms with Crippen molar-refractivity contribution in [2.75, 3.05) is 20.7 Å². The van der Waals surface area contributed by atoms with Gasteiger partial charge in [-0.2, -0.15) is 11.3 Å². The fraction of sp³-hybridized carbons (Fsp3) is 0.346. The van der Waals surface area contributed by atoms with Gasteiger partial charge in [0.2, 0.25) is 5.91 Å². The van der Waals surface area contributed by atoms with Gasteiger partial charge in [-0.05, 0) is 72.1 Å². The molecule has 0 spiro atoms. The number of thiophene rings is 1. The lowest BCUT2D eigenvalue weighted by atomic mass is 10.1. The molecule has 1 atom stereocenters. The van der Waals surface area contributed by atoms with Gasteiger partial charge < -0.3 is 14.8 Å². The number of hydrogen-bond acceptors (Lipinski definition) is 5. The topological polar surface area (TPSA) is 50.8 Å². The maximum atomic E-state index is 12.3. The van der Waals surface area contributed by atoms with Crippen LogP contribution in [0.2, 0.25) is 0 Å². The highest BCUT2D eigenvalue weighted by Crippen LogP contribution is 2.19. The van der Waals surface area contributed by atoms with Crippen molar-refractivity contribution in [2.45, 2.75) is 39.0 Å². The molecule has 1 amide bonds. The van der Waals surface area contributed by atoms with E-state index < -0.39 is 0 Å². The Morgan fingerprint density at radius 2 is 1.91 bits per heavy atom. The first-order valence-electron chi connectivity index (χ1n) is 10.9. The minimum atomic E-state index is -0.121. The Hall–Kier alpha value is -2.83. The van der Waals surface area contributed by atoms with Gasteiger partial charge in [-0.3, -0.25) is 9.69 Å². The molecular weight excluding hydrogens is 420 g/mol. The van der Waals surface area contributed by atoms with Crippen molar-refractivity contribution in [3.8, 4) is 11.5 Å². The number of ether oxygens (including phenoxy) is 2. The Morgan fingerprint density at radius 1 is 1.09 bits per heavy atom. The van der Waals surface area contributed by atoms with Crippen LogP contribution in [-0.2, 0) is 24.3 Å². The van der Waals surface area contributed by atoms with Gasteiger partial charge in [-0.1, -0.05) is 30.3 Å². The normalized spacial score (nSPS) is 11.9. The van der Waals surface area contributed by atoms with Gasteiger partial charge in [0.05, 0.1) is 13.7 Å². The second-order valence-electron chi connectivity index (χ2n) is 8.00. The predicted octanol–water partition coefficient (Wildman–Crippen LogP) is 4.91. The Balaban J connectivity index is 1.41. The third-order valence-corrected chi connectivity index (χ3v) is 5.85. The monoisotopic (exact) mass is 452 g/mol. The third kappa shape index (κ3) is 7.70. The van der Waals surface area contributed by atoms with Gasteiger partial charge in [0.25, 0.3) is 0 Å². The maximum absolute atomic E-state index is 12.3. The van der Waals surface area contributed by atoms with E-state index in [1.165, 1.54) is 11.1 Å². The molecular formula is C26H32N2O3S. The van der Waals surface area contributed by atoms with Crippen LogP contribution < -0.4 is 14.8 Å². The summed E-state index contributed by atoms with van der Waals surface area (Å²) < 4.78 is 11.4. The number of carbonyl (C=O) groups excluding carboxylic acids is 1. The molecule has 3 aromatic rings. The van der Waals surface area contributed by atoms with E-state index in [2.05, 4.69) is 46.2 Å². The van der Waals surface area contributed by atoms with Crippen LogP contribution in [0.1, 0.15) is 30.0 Å². The molecule has 1 heterocycles. The highest BCUT2D eigenvalue weighted by atomic mass is 32.1. The first kappa shape index (κ1) is 23.8. The molecule has 6 heteroatoms. The SMILES string of the molecule is COc1ccccc1CCC(=O)NC[C@H](C)Oc1cccc(CN(C)Cc2ccsc2)c1. The summed E-state index contributed by atoms with van der Waals surface area (Å²) in [6.07, 6.45) is 0.939. The van der Waals surface area contributed by atoms with E-state index in [1.54, 1.807) is 18.4 Å². The summed E-state index contributed by atoms with van der Waals surface area (Å²) in [6, 6.07) is 18.1. The zero-order chi connectivity index (χ0) is 22.8. The van der Waals surface area contributed by atoms with E-state index in [0.29, 0.717) is 19.4 Å². The second-order valence-corrected chi connectivity index (χ2v) is 8.78. The molecule has 170 valence electrons. The zero-order valence-corrected chi connectivity index (χ0v) is 19.9. The minimum Gasteiger partial charge on any atom is -0.496 e. The first-order chi connectivity index (χ1) is 15.5. The van der Waals surface area contributed by atoms with Crippen LogP contribution in [-0.4, -0.2) is 37.6 Å². The Bertz CT molecular complexity index is 975. The van der Waals surface area contributed by atoms with E-state index in [0.717, 1.165) is 30.2 Å². The molecule has 0 unspecified atom stereocenters. The Labute approximate surface area is 195 Å². The van der Waals surface area contributed by atoms with Crippen LogP contribution in [0.4, 0.5) is 0 Å². The lowest BCUT2D eigenvalue weighted by Gasteiger charge is -2.18. The summed E-state index contributed by atoms with van der Waals surface area (Å²) >= 11 is 1.72. The van der Waals surface area contributed by atoms with Crippen molar-refractivity contribution in [1.29, 1.82) is 0 Å². The second kappa shape index (κ2) is 12.3. The summed E-state index contributed by atoms with van der Waals surface area (Å²) in [5, 5.41) is 7.26. The summed E-state index contributed by atoms with van der Waals surface area (Å²) in [5.41, 5.74) is 3.57. The van der Waals surface area contributed by atoms with E-state index in [9.17, 15) is 4.79 Å². The Morgan fingerprint density at radius 3 is 2.69 bits per heavy atom. The molecule has 0 aliphatic carbocycles. The summed E-state index contributed by atoms with van der Waals surface area (Å²) in [7, 11) is 3.77. The number of amides is 1. The maximum Gasteiger partial charge on any atom is 0.220 e. The number of rotatable bonds is 12. The third-order valence-electron chi connectivity index (χ3n) is 5.12. The zero-order valence-electron chi connectivity index (χ0n) is 19.0. The van der Waals surface area contributed by atoms with Crippen LogP contribution in [0.25, 0.3) is 0 Å². The van der Waals surface area contributed by atoms with E-state index in [-0.39, 0.29) is 12.0 Å². The van der Waals surface area contributed by atoms with Gasteiger partial charge in [0.1, 0.15) is 17.6 Å². The minimum absolute atomic E-state index is 0.00941. The molecule has 0 aliphatic rings. The highest BCUT2D eigenvalue weighted by Gasteiger charge is 2.10. The first-order valence-corrected chi connectivity index (χ1v) is 11.8. The average Bonchev–Trinajstić information content (AvgIpc) is 3.29. The molecule has 2 aromatic carbocycles. The number of aryl methyl sites for hydroxylation is 1. The quantitative estimate of drug-likeness (QED) is 0.424. The van der Waals surface area contributed by atoms with Crippen molar-refractivity contribution in [1.82, 2.24) is 10.2 Å². The van der Waals surface area contributed by atoms with Gasteiger partial charge in [-0.25, -0.2) is 0 Å². The van der Waals surface area contributed by atoms with E-state index >= 15 is 0 Å². The molecule has 1 N–H and O–H groups in total. The van der Waals surface area contributed by atoms with Crippen molar-refractivity contribution >= 4 is 17.2 Å². The van der Waals surface area contributed by atoms with E-state index in [1.807, 2.05) is 43.3 Å². The van der Waals surface area contributed by atoms with Crippen molar-refractivity contribution < 1.29 is 14.3 Å². The molecule has 5 nitrogen and oxygen atoms in total. The van der Waals surface area contributed by atoms with Crippen LogP contribution in [0.3, 0.4) is 0 Å². The molecule has 0 saturated heterocycles. The van der Waals surface area contributed by atoms with Gasteiger partial charge >= 0.3 is 0 Å². The van der Waals surface area contributed by atoms with Gasteiger partial charge in [-0.15, -0.1) is 0 Å². The van der Waals surface area contributed by atoms with Gasteiger partial charge in [0, 0.05) is 19.5 Å². The summed E-state index contributed by atoms with van der Waals surface area (Å²) in [6.45, 7) is 4.20. The fourth-order valence-corrected chi connectivity index (χ4v) is 4.22. The predicted molar refractivity (Wildman–Crippen MR) is 130 cm³/mol. The summed E-state index contributed by atoms with van der Waals surface area (Å²) in [4.78, 5) is 14.6.